The molecule has 1 N–H and O–H groups in total. The Balaban J connectivity index is 1.76. The van der Waals surface area contributed by atoms with Gasteiger partial charge in [-0.1, -0.05) is 30.3 Å². The van der Waals surface area contributed by atoms with Crippen LogP contribution >= 0.6 is 0 Å². The summed E-state index contributed by atoms with van der Waals surface area (Å²) in [7, 11) is 0. The minimum absolute atomic E-state index is 0.120. The van der Waals surface area contributed by atoms with Gasteiger partial charge in [-0.15, -0.1) is 0 Å². The van der Waals surface area contributed by atoms with Gasteiger partial charge in [-0.05, 0) is 18.2 Å². The monoisotopic (exact) mass is 276 g/mol. The van der Waals surface area contributed by atoms with Crippen LogP contribution in [0.3, 0.4) is 0 Å². The molecular formula is C16H17FO3. The third kappa shape index (κ3) is 3.96. The van der Waals surface area contributed by atoms with Crippen molar-refractivity contribution >= 4 is 0 Å². The molecule has 0 radical (unpaired) electrons. The van der Waals surface area contributed by atoms with Crippen LogP contribution in [0.2, 0.25) is 0 Å². The zero-order valence-electron chi connectivity index (χ0n) is 11.1. The van der Waals surface area contributed by atoms with E-state index < -0.39 is 5.82 Å². The first kappa shape index (κ1) is 14.3. The van der Waals surface area contributed by atoms with Crippen LogP contribution in [0.1, 0.15) is 12.0 Å². The molecule has 0 aliphatic carbocycles. The van der Waals surface area contributed by atoms with Crippen molar-refractivity contribution in [1.29, 1.82) is 0 Å². The van der Waals surface area contributed by atoms with E-state index >= 15 is 0 Å². The molecule has 0 unspecified atom stereocenters. The van der Waals surface area contributed by atoms with E-state index in [4.69, 9.17) is 14.6 Å². The molecule has 20 heavy (non-hydrogen) atoms. The average Bonchev–Trinajstić information content (AvgIpc) is 2.49. The third-order valence-electron chi connectivity index (χ3n) is 2.77. The van der Waals surface area contributed by atoms with Crippen LogP contribution in [0.25, 0.3) is 0 Å². The Morgan fingerprint density at radius 3 is 2.40 bits per heavy atom. The van der Waals surface area contributed by atoms with Crippen molar-refractivity contribution in [2.45, 2.75) is 13.0 Å². The second-order valence-electron chi connectivity index (χ2n) is 4.25. The summed E-state index contributed by atoms with van der Waals surface area (Å²) in [6, 6.07) is 14.0. The quantitative estimate of drug-likeness (QED) is 0.789. The smallest absolute Gasteiger partial charge is 0.165 e. The minimum Gasteiger partial charge on any atom is -0.493 e. The molecule has 0 aliphatic heterocycles. The van der Waals surface area contributed by atoms with Crippen LogP contribution < -0.4 is 9.47 Å². The molecule has 0 saturated carbocycles. The zero-order chi connectivity index (χ0) is 14.2. The predicted molar refractivity (Wildman–Crippen MR) is 74.4 cm³/mol. The van der Waals surface area contributed by atoms with E-state index in [9.17, 15) is 4.39 Å². The van der Waals surface area contributed by atoms with Crippen molar-refractivity contribution in [3.05, 3.63) is 59.9 Å². The summed E-state index contributed by atoms with van der Waals surface area (Å²) in [5, 5.41) is 9.12. The van der Waals surface area contributed by atoms with Crippen molar-refractivity contribution in [3.63, 3.8) is 0 Å². The van der Waals surface area contributed by atoms with Gasteiger partial charge < -0.3 is 14.6 Å². The van der Waals surface area contributed by atoms with Gasteiger partial charge in [-0.3, -0.25) is 0 Å². The van der Waals surface area contributed by atoms with E-state index in [0.29, 0.717) is 25.2 Å². The molecule has 106 valence electrons. The van der Waals surface area contributed by atoms with Crippen molar-refractivity contribution in [1.82, 2.24) is 0 Å². The normalized spacial score (nSPS) is 10.3. The Morgan fingerprint density at radius 1 is 0.900 bits per heavy atom. The highest BCUT2D eigenvalue weighted by Crippen LogP contribution is 2.22. The minimum atomic E-state index is -0.458. The molecule has 0 aliphatic rings. The van der Waals surface area contributed by atoms with Crippen molar-refractivity contribution < 1.29 is 19.0 Å². The second-order valence-corrected chi connectivity index (χ2v) is 4.25. The number of aliphatic hydroxyl groups is 1. The van der Waals surface area contributed by atoms with E-state index in [2.05, 4.69) is 0 Å². The van der Waals surface area contributed by atoms with Gasteiger partial charge in [0, 0.05) is 12.0 Å². The fourth-order valence-corrected chi connectivity index (χ4v) is 1.78. The van der Waals surface area contributed by atoms with Crippen LogP contribution in [0.15, 0.2) is 48.5 Å². The third-order valence-corrected chi connectivity index (χ3v) is 2.77. The maximum atomic E-state index is 13.5. The second kappa shape index (κ2) is 7.50. The number of hydrogen-bond donors (Lipinski definition) is 1. The number of benzene rings is 2. The fraction of sp³-hybridized carbons (Fsp3) is 0.250. The van der Waals surface area contributed by atoms with Gasteiger partial charge in [0.2, 0.25) is 0 Å². The first-order valence-corrected chi connectivity index (χ1v) is 6.50. The molecule has 3 nitrogen and oxygen atoms in total. The first-order valence-electron chi connectivity index (χ1n) is 6.50. The number of ether oxygens (including phenoxy) is 2. The summed E-state index contributed by atoms with van der Waals surface area (Å²) >= 11 is 0. The van der Waals surface area contributed by atoms with E-state index in [1.807, 2.05) is 30.3 Å². The molecule has 0 spiro atoms. The Hall–Kier alpha value is -2.07. The molecular weight excluding hydrogens is 259 g/mol. The molecule has 2 rings (SSSR count). The van der Waals surface area contributed by atoms with Gasteiger partial charge in [-0.25, -0.2) is 4.39 Å². The standard InChI is InChI=1S/C16H17FO3/c17-15-9-4-6-13(12-18)16(15)20-11-5-10-19-14-7-2-1-3-8-14/h1-4,6-9,18H,5,10-12H2. The Morgan fingerprint density at radius 2 is 1.65 bits per heavy atom. The molecule has 0 aromatic heterocycles. The molecule has 0 amide bonds. The summed E-state index contributed by atoms with van der Waals surface area (Å²) in [6.45, 7) is 0.585. The maximum Gasteiger partial charge on any atom is 0.165 e. The lowest BCUT2D eigenvalue weighted by Gasteiger charge is -2.11. The number of para-hydroxylation sites is 2. The molecule has 0 heterocycles. The van der Waals surface area contributed by atoms with Gasteiger partial charge in [0.1, 0.15) is 5.75 Å². The lowest BCUT2D eigenvalue weighted by Crippen LogP contribution is -2.07. The van der Waals surface area contributed by atoms with Crippen molar-refractivity contribution in [2.75, 3.05) is 13.2 Å². The summed E-state index contributed by atoms with van der Waals surface area (Å²) in [5.74, 6) is 0.463. The number of hydrogen-bond acceptors (Lipinski definition) is 3. The summed E-state index contributed by atoms with van der Waals surface area (Å²) in [5.41, 5.74) is 0.453. The van der Waals surface area contributed by atoms with Gasteiger partial charge in [0.25, 0.3) is 0 Å². The van der Waals surface area contributed by atoms with E-state index in [1.165, 1.54) is 6.07 Å². The molecule has 0 bridgehead atoms. The summed E-state index contributed by atoms with van der Waals surface area (Å²) in [6.07, 6.45) is 0.633. The first-order chi connectivity index (χ1) is 9.81. The average molecular weight is 276 g/mol. The Bertz CT molecular complexity index is 529. The maximum absolute atomic E-state index is 13.5. The van der Waals surface area contributed by atoms with Crippen LogP contribution in [-0.2, 0) is 6.61 Å². The highest BCUT2D eigenvalue weighted by atomic mass is 19.1. The fourth-order valence-electron chi connectivity index (χ4n) is 1.78. The predicted octanol–water partition coefficient (Wildman–Crippen LogP) is 3.17. The topological polar surface area (TPSA) is 38.7 Å². The molecule has 0 saturated heterocycles. The summed E-state index contributed by atoms with van der Waals surface area (Å²) < 4.78 is 24.4. The number of halogens is 1. The molecule has 4 heteroatoms. The van der Waals surface area contributed by atoms with Gasteiger partial charge in [0.15, 0.2) is 11.6 Å². The van der Waals surface area contributed by atoms with E-state index in [1.54, 1.807) is 12.1 Å². The highest BCUT2D eigenvalue weighted by molar-refractivity contribution is 5.34. The summed E-state index contributed by atoms with van der Waals surface area (Å²) in [4.78, 5) is 0. The van der Waals surface area contributed by atoms with Crippen molar-refractivity contribution in [2.24, 2.45) is 0 Å². The van der Waals surface area contributed by atoms with Crippen LogP contribution in [0.5, 0.6) is 11.5 Å². The van der Waals surface area contributed by atoms with E-state index in [-0.39, 0.29) is 12.4 Å². The zero-order valence-corrected chi connectivity index (χ0v) is 11.1. The lowest BCUT2D eigenvalue weighted by molar-refractivity contribution is 0.229. The van der Waals surface area contributed by atoms with Crippen LogP contribution in [0, 0.1) is 5.82 Å². The number of rotatable bonds is 7. The highest BCUT2D eigenvalue weighted by Gasteiger charge is 2.08. The lowest BCUT2D eigenvalue weighted by atomic mass is 10.2. The van der Waals surface area contributed by atoms with Crippen LogP contribution in [-0.4, -0.2) is 18.3 Å². The molecule has 2 aromatic carbocycles. The SMILES string of the molecule is OCc1cccc(F)c1OCCCOc1ccccc1. The molecule has 0 fully saturated rings. The molecule has 0 atom stereocenters. The molecule has 2 aromatic rings. The Kier molecular flexibility index (Phi) is 5.38. The van der Waals surface area contributed by atoms with E-state index in [0.717, 1.165) is 5.75 Å². The Labute approximate surface area is 117 Å². The van der Waals surface area contributed by atoms with Gasteiger partial charge >= 0.3 is 0 Å². The van der Waals surface area contributed by atoms with Gasteiger partial charge in [0.05, 0.1) is 19.8 Å². The van der Waals surface area contributed by atoms with Crippen molar-refractivity contribution in [3.8, 4) is 11.5 Å². The van der Waals surface area contributed by atoms with Crippen LogP contribution in [0.4, 0.5) is 4.39 Å². The number of aliphatic hydroxyl groups excluding tert-OH is 1. The van der Waals surface area contributed by atoms with Gasteiger partial charge in [-0.2, -0.15) is 0 Å². The largest absolute Gasteiger partial charge is 0.493 e.